The summed E-state index contributed by atoms with van der Waals surface area (Å²) >= 11 is 5.77. The lowest BCUT2D eigenvalue weighted by atomic mass is 10.2. The molecule has 0 saturated heterocycles. The number of ether oxygens (including phenoxy) is 1. The normalized spacial score (nSPS) is 11.2. The molecule has 0 amide bonds. The van der Waals surface area contributed by atoms with Gasteiger partial charge in [-0.25, -0.2) is 4.39 Å². The molecule has 0 atom stereocenters. The van der Waals surface area contributed by atoms with Crippen molar-refractivity contribution in [3.63, 3.8) is 0 Å². The Morgan fingerprint density at radius 3 is 2.26 bits per heavy atom. The summed E-state index contributed by atoms with van der Waals surface area (Å²) in [6, 6.07) is 12.4. The molecule has 2 aromatic rings. The Hall–Kier alpha value is -2.27. The number of aliphatic imine (C=N–C) groups is 1. The Kier molecular flexibility index (Phi) is 6.23. The summed E-state index contributed by atoms with van der Waals surface area (Å²) in [4.78, 5) is 4.15. The molecule has 0 unspecified atom stereocenters. The number of halogens is 2. The summed E-state index contributed by atoms with van der Waals surface area (Å²) in [5.41, 5.74) is 1.99. The number of hydrogen-bond acceptors (Lipinski definition) is 2. The molecule has 0 radical (unpaired) electrons. The second kappa shape index (κ2) is 8.39. The van der Waals surface area contributed by atoms with Gasteiger partial charge in [-0.05, 0) is 35.4 Å². The van der Waals surface area contributed by atoms with Crippen molar-refractivity contribution in [1.29, 1.82) is 0 Å². The molecule has 6 heteroatoms. The lowest BCUT2D eigenvalue weighted by Crippen LogP contribution is -2.36. The Morgan fingerprint density at radius 2 is 1.70 bits per heavy atom. The Balaban J connectivity index is 1.86. The van der Waals surface area contributed by atoms with Gasteiger partial charge in [0, 0.05) is 20.1 Å². The molecule has 0 aliphatic heterocycles. The maximum absolute atomic E-state index is 13.1. The summed E-state index contributed by atoms with van der Waals surface area (Å²) in [7, 11) is 3.34. The summed E-state index contributed by atoms with van der Waals surface area (Å²) in [5, 5.41) is 6.48. The molecule has 23 heavy (non-hydrogen) atoms. The van der Waals surface area contributed by atoms with Crippen LogP contribution in [0.25, 0.3) is 0 Å². The zero-order valence-corrected chi connectivity index (χ0v) is 13.8. The smallest absolute Gasteiger partial charge is 0.191 e. The van der Waals surface area contributed by atoms with Crippen LogP contribution in [-0.4, -0.2) is 20.1 Å². The van der Waals surface area contributed by atoms with Crippen molar-refractivity contribution >= 4 is 17.6 Å². The van der Waals surface area contributed by atoms with E-state index in [-0.39, 0.29) is 5.02 Å². The Morgan fingerprint density at radius 1 is 1.09 bits per heavy atom. The number of hydrogen-bond donors (Lipinski definition) is 2. The second-order valence-electron chi connectivity index (χ2n) is 4.88. The van der Waals surface area contributed by atoms with Gasteiger partial charge in [-0.3, -0.25) is 4.99 Å². The average Bonchev–Trinajstić information content (AvgIpc) is 2.58. The molecule has 0 heterocycles. The quantitative estimate of drug-likeness (QED) is 0.650. The van der Waals surface area contributed by atoms with Gasteiger partial charge in [-0.2, -0.15) is 0 Å². The predicted octanol–water partition coefficient (Wildman–Crippen LogP) is 3.35. The predicted molar refractivity (Wildman–Crippen MR) is 91.4 cm³/mol. The van der Waals surface area contributed by atoms with E-state index >= 15 is 0 Å². The van der Waals surface area contributed by atoms with Crippen LogP contribution in [-0.2, 0) is 13.1 Å². The maximum Gasteiger partial charge on any atom is 0.191 e. The van der Waals surface area contributed by atoms with E-state index in [0.717, 1.165) is 16.9 Å². The minimum atomic E-state index is -0.419. The summed E-state index contributed by atoms with van der Waals surface area (Å²) in [6.45, 7) is 1.14. The van der Waals surface area contributed by atoms with Gasteiger partial charge in [0.25, 0.3) is 0 Å². The topological polar surface area (TPSA) is 45.7 Å². The molecule has 2 rings (SSSR count). The van der Waals surface area contributed by atoms with Crippen LogP contribution in [0.15, 0.2) is 47.5 Å². The largest absolute Gasteiger partial charge is 0.497 e. The average molecular weight is 336 g/mol. The highest BCUT2D eigenvalue weighted by Crippen LogP contribution is 2.15. The van der Waals surface area contributed by atoms with E-state index in [9.17, 15) is 4.39 Å². The first-order valence-electron chi connectivity index (χ1n) is 7.13. The number of guanidine groups is 1. The summed E-state index contributed by atoms with van der Waals surface area (Å²) < 4.78 is 18.3. The minimum absolute atomic E-state index is 0.116. The van der Waals surface area contributed by atoms with Gasteiger partial charge < -0.3 is 15.4 Å². The van der Waals surface area contributed by atoms with Crippen LogP contribution in [0.1, 0.15) is 11.1 Å². The molecule has 2 aromatic carbocycles. The number of methoxy groups -OCH3 is 1. The fraction of sp³-hybridized carbons (Fsp3) is 0.235. The number of nitrogens with zero attached hydrogens (tertiary/aromatic N) is 1. The number of benzene rings is 2. The van der Waals surface area contributed by atoms with Gasteiger partial charge in [-0.1, -0.05) is 29.8 Å². The zero-order valence-electron chi connectivity index (χ0n) is 13.1. The Labute approximate surface area is 140 Å². The standard InChI is InChI=1S/C17H19ClFN3O/c1-20-17(21-10-12-3-6-14(23-2)7-4-12)22-11-13-5-8-16(19)15(18)9-13/h3-9H,10-11H2,1-2H3,(H2,20,21,22). The van der Waals surface area contributed by atoms with Gasteiger partial charge in [0.1, 0.15) is 11.6 Å². The van der Waals surface area contributed by atoms with E-state index in [1.807, 2.05) is 24.3 Å². The van der Waals surface area contributed by atoms with E-state index in [0.29, 0.717) is 19.0 Å². The molecule has 0 aliphatic carbocycles. The third kappa shape index (κ3) is 5.14. The van der Waals surface area contributed by atoms with Crippen molar-refractivity contribution in [2.75, 3.05) is 14.2 Å². The van der Waals surface area contributed by atoms with E-state index < -0.39 is 5.82 Å². The van der Waals surface area contributed by atoms with E-state index in [1.165, 1.54) is 6.07 Å². The fourth-order valence-electron chi connectivity index (χ4n) is 1.99. The third-order valence-corrected chi connectivity index (χ3v) is 3.58. The van der Waals surface area contributed by atoms with Crippen molar-refractivity contribution in [3.8, 4) is 5.75 Å². The van der Waals surface area contributed by atoms with Crippen LogP contribution in [0.2, 0.25) is 5.02 Å². The molecule has 0 aromatic heterocycles. The lowest BCUT2D eigenvalue weighted by Gasteiger charge is -2.12. The van der Waals surface area contributed by atoms with Crippen molar-refractivity contribution in [2.24, 2.45) is 4.99 Å². The first-order valence-corrected chi connectivity index (χ1v) is 7.51. The fourth-order valence-corrected chi connectivity index (χ4v) is 2.19. The molecule has 0 aliphatic rings. The third-order valence-electron chi connectivity index (χ3n) is 3.29. The molecule has 0 bridgehead atoms. The molecule has 122 valence electrons. The highest BCUT2D eigenvalue weighted by molar-refractivity contribution is 6.30. The summed E-state index contributed by atoms with van der Waals surface area (Å²) in [5.74, 6) is 1.06. The Bertz CT molecular complexity index is 674. The SMILES string of the molecule is CN=C(NCc1ccc(OC)cc1)NCc1ccc(F)c(Cl)c1. The molecular weight excluding hydrogens is 317 g/mol. The van der Waals surface area contributed by atoms with Gasteiger partial charge >= 0.3 is 0 Å². The maximum atomic E-state index is 13.1. The van der Waals surface area contributed by atoms with Crippen LogP contribution in [0.4, 0.5) is 4.39 Å². The van der Waals surface area contributed by atoms with Crippen LogP contribution >= 0.6 is 11.6 Å². The molecule has 2 N–H and O–H groups in total. The van der Waals surface area contributed by atoms with Gasteiger partial charge in [0.2, 0.25) is 0 Å². The molecular formula is C17H19ClFN3O. The van der Waals surface area contributed by atoms with E-state index in [1.54, 1.807) is 26.3 Å². The number of rotatable bonds is 5. The monoisotopic (exact) mass is 335 g/mol. The van der Waals surface area contributed by atoms with Crippen molar-refractivity contribution in [3.05, 3.63) is 64.4 Å². The molecule has 4 nitrogen and oxygen atoms in total. The molecule has 0 saturated carbocycles. The van der Waals surface area contributed by atoms with Crippen LogP contribution < -0.4 is 15.4 Å². The molecule has 0 fully saturated rings. The van der Waals surface area contributed by atoms with Gasteiger partial charge in [0.05, 0.1) is 12.1 Å². The van der Waals surface area contributed by atoms with E-state index in [4.69, 9.17) is 16.3 Å². The first kappa shape index (κ1) is 17.1. The van der Waals surface area contributed by atoms with Gasteiger partial charge in [0.15, 0.2) is 5.96 Å². The highest BCUT2D eigenvalue weighted by atomic mass is 35.5. The van der Waals surface area contributed by atoms with Crippen LogP contribution in [0.5, 0.6) is 5.75 Å². The first-order chi connectivity index (χ1) is 11.1. The second-order valence-corrected chi connectivity index (χ2v) is 5.28. The van der Waals surface area contributed by atoms with Gasteiger partial charge in [-0.15, -0.1) is 0 Å². The molecule has 0 spiro atoms. The van der Waals surface area contributed by atoms with Crippen LogP contribution in [0, 0.1) is 5.82 Å². The summed E-state index contributed by atoms with van der Waals surface area (Å²) in [6.07, 6.45) is 0. The van der Waals surface area contributed by atoms with Crippen molar-refractivity contribution < 1.29 is 9.13 Å². The highest BCUT2D eigenvalue weighted by Gasteiger charge is 2.03. The zero-order chi connectivity index (χ0) is 16.7. The van der Waals surface area contributed by atoms with Crippen molar-refractivity contribution in [1.82, 2.24) is 10.6 Å². The van der Waals surface area contributed by atoms with Crippen molar-refractivity contribution in [2.45, 2.75) is 13.1 Å². The van der Waals surface area contributed by atoms with E-state index in [2.05, 4.69) is 15.6 Å². The lowest BCUT2D eigenvalue weighted by molar-refractivity contribution is 0.414. The minimum Gasteiger partial charge on any atom is -0.497 e. The number of nitrogens with one attached hydrogen (secondary N) is 2. The van der Waals surface area contributed by atoms with Crippen LogP contribution in [0.3, 0.4) is 0 Å².